The molecule has 1 N–H and O–H groups in total. The van der Waals surface area contributed by atoms with Gasteiger partial charge in [-0.3, -0.25) is 14.3 Å². The summed E-state index contributed by atoms with van der Waals surface area (Å²) >= 11 is 11.7. The molecule has 0 saturated heterocycles. The highest BCUT2D eigenvalue weighted by molar-refractivity contribution is 6.32. The SMILES string of the molecule is CCn1c(=O)[nH]c(Cl)c(-c2ccc(Cl)cc2)c1=O. The Hall–Kier alpha value is -1.52. The fourth-order valence-electron chi connectivity index (χ4n) is 1.70. The van der Waals surface area contributed by atoms with Gasteiger partial charge in [-0.25, -0.2) is 4.79 Å². The van der Waals surface area contributed by atoms with Gasteiger partial charge in [0.1, 0.15) is 5.15 Å². The number of nitrogens with zero attached hydrogens (tertiary/aromatic N) is 1. The first-order valence-electron chi connectivity index (χ1n) is 5.33. The van der Waals surface area contributed by atoms with Gasteiger partial charge in [-0.2, -0.15) is 0 Å². The lowest BCUT2D eigenvalue weighted by Gasteiger charge is -2.07. The van der Waals surface area contributed by atoms with E-state index >= 15 is 0 Å². The Bertz CT molecular complexity index is 687. The molecular weight excluding hydrogens is 275 g/mol. The number of hydrogen-bond acceptors (Lipinski definition) is 2. The minimum Gasteiger partial charge on any atom is -0.297 e. The summed E-state index contributed by atoms with van der Waals surface area (Å²) in [6.45, 7) is 2.00. The van der Waals surface area contributed by atoms with Crippen LogP contribution in [0.1, 0.15) is 6.92 Å². The molecular formula is C12H10Cl2N2O2. The van der Waals surface area contributed by atoms with Gasteiger partial charge in [-0.05, 0) is 24.6 Å². The van der Waals surface area contributed by atoms with Crippen molar-refractivity contribution in [3.8, 4) is 11.1 Å². The third kappa shape index (κ3) is 2.21. The van der Waals surface area contributed by atoms with Crippen LogP contribution in [0.3, 0.4) is 0 Å². The van der Waals surface area contributed by atoms with E-state index in [4.69, 9.17) is 23.2 Å². The maximum Gasteiger partial charge on any atom is 0.329 e. The van der Waals surface area contributed by atoms with Crippen molar-refractivity contribution in [1.29, 1.82) is 0 Å². The molecule has 1 heterocycles. The van der Waals surface area contributed by atoms with Crippen LogP contribution < -0.4 is 11.2 Å². The van der Waals surface area contributed by atoms with E-state index in [-0.39, 0.29) is 17.3 Å². The van der Waals surface area contributed by atoms with Crippen molar-refractivity contribution in [2.24, 2.45) is 0 Å². The number of halogens is 2. The molecule has 2 aromatic rings. The molecule has 0 aliphatic rings. The lowest BCUT2D eigenvalue weighted by molar-refractivity contribution is 0.675. The molecule has 18 heavy (non-hydrogen) atoms. The number of H-pyrrole nitrogens is 1. The third-order valence-corrected chi connectivity index (χ3v) is 3.12. The van der Waals surface area contributed by atoms with Crippen LogP contribution in [-0.2, 0) is 6.54 Å². The normalized spacial score (nSPS) is 10.6. The highest BCUT2D eigenvalue weighted by Crippen LogP contribution is 2.23. The number of nitrogens with one attached hydrogen (secondary N) is 1. The van der Waals surface area contributed by atoms with Crippen LogP contribution in [0.25, 0.3) is 11.1 Å². The number of aromatic amines is 1. The molecule has 94 valence electrons. The molecule has 0 fully saturated rings. The van der Waals surface area contributed by atoms with E-state index < -0.39 is 11.2 Å². The van der Waals surface area contributed by atoms with Crippen molar-refractivity contribution >= 4 is 23.2 Å². The third-order valence-electron chi connectivity index (χ3n) is 2.59. The van der Waals surface area contributed by atoms with E-state index in [1.165, 1.54) is 0 Å². The topological polar surface area (TPSA) is 54.9 Å². The molecule has 0 amide bonds. The van der Waals surface area contributed by atoms with Crippen molar-refractivity contribution < 1.29 is 0 Å². The zero-order chi connectivity index (χ0) is 13.3. The summed E-state index contributed by atoms with van der Waals surface area (Å²) < 4.78 is 1.09. The summed E-state index contributed by atoms with van der Waals surface area (Å²) in [6, 6.07) is 6.69. The molecule has 0 bridgehead atoms. The molecule has 6 heteroatoms. The predicted molar refractivity (Wildman–Crippen MR) is 72.5 cm³/mol. The Kier molecular flexibility index (Phi) is 3.59. The predicted octanol–water partition coefficient (Wildman–Crippen LogP) is 2.53. The molecule has 0 spiro atoms. The van der Waals surface area contributed by atoms with E-state index in [2.05, 4.69) is 4.98 Å². The lowest BCUT2D eigenvalue weighted by Crippen LogP contribution is -2.35. The monoisotopic (exact) mass is 284 g/mol. The Morgan fingerprint density at radius 3 is 2.33 bits per heavy atom. The molecule has 0 atom stereocenters. The Balaban J connectivity index is 2.75. The van der Waals surface area contributed by atoms with Crippen LogP contribution in [0, 0.1) is 0 Å². The summed E-state index contributed by atoms with van der Waals surface area (Å²) in [5, 5.41) is 0.604. The van der Waals surface area contributed by atoms with E-state index in [0.29, 0.717) is 10.6 Å². The van der Waals surface area contributed by atoms with Crippen LogP contribution >= 0.6 is 23.2 Å². The second-order valence-corrected chi connectivity index (χ2v) is 4.49. The van der Waals surface area contributed by atoms with Gasteiger partial charge in [0.15, 0.2) is 0 Å². The molecule has 0 radical (unpaired) electrons. The van der Waals surface area contributed by atoms with Gasteiger partial charge in [-0.1, -0.05) is 35.3 Å². The van der Waals surface area contributed by atoms with Crippen LogP contribution in [0.15, 0.2) is 33.9 Å². The van der Waals surface area contributed by atoms with Crippen LogP contribution in [0.5, 0.6) is 0 Å². The minimum atomic E-state index is -0.509. The van der Waals surface area contributed by atoms with Gasteiger partial charge in [0.25, 0.3) is 5.56 Å². The number of rotatable bonds is 2. The van der Waals surface area contributed by atoms with E-state index in [0.717, 1.165) is 4.57 Å². The maximum atomic E-state index is 12.2. The zero-order valence-corrected chi connectivity index (χ0v) is 11.0. The number of aromatic nitrogens is 2. The van der Waals surface area contributed by atoms with Gasteiger partial charge >= 0.3 is 5.69 Å². The number of hydrogen-bond donors (Lipinski definition) is 1. The molecule has 2 rings (SSSR count). The van der Waals surface area contributed by atoms with Crippen LogP contribution in [0.2, 0.25) is 10.2 Å². The average molecular weight is 285 g/mol. The average Bonchev–Trinajstić information content (AvgIpc) is 2.31. The molecule has 1 aromatic carbocycles. The fraction of sp³-hybridized carbons (Fsp3) is 0.167. The smallest absolute Gasteiger partial charge is 0.297 e. The fourth-order valence-corrected chi connectivity index (χ4v) is 2.10. The van der Waals surface area contributed by atoms with Crippen LogP contribution in [-0.4, -0.2) is 9.55 Å². The Labute approximate surface area is 113 Å². The highest BCUT2D eigenvalue weighted by atomic mass is 35.5. The van der Waals surface area contributed by atoms with E-state index in [1.807, 2.05) is 0 Å². The molecule has 0 aliphatic carbocycles. The first kappa shape index (κ1) is 12.9. The second-order valence-electron chi connectivity index (χ2n) is 3.68. The van der Waals surface area contributed by atoms with Crippen molar-refractivity contribution in [2.45, 2.75) is 13.5 Å². The zero-order valence-electron chi connectivity index (χ0n) is 9.54. The van der Waals surface area contributed by atoms with Gasteiger partial charge in [0, 0.05) is 11.6 Å². The van der Waals surface area contributed by atoms with Crippen molar-refractivity contribution in [3.05, 3.63) is 55.3 Å². The largest absolute Gasteiger partial charge is 0.329 e. The Morgan fingerprint density at radius 2 is 1.78 bits per heavy atom. The molecule has 4 nitrogen and oxygen atoms in total. The quantitative estimate of drug-likeness (QED) is 0.862. The summed E-state index contributed by atoms with van der Waals surface area (Å²) in [6.07, 6.45) is 0. The van der Waals surface area contributed by atoms with Crippen molar-refractivity contribution in [3.63, 3.8) is 0 Å². The van der Waals surface area contributed by atoms with E-state index in [1.54, 1.807) is 31.2 Å². The standard InChI is InChI=1S/C12H10Cl2N2O2/c1-2-16-11(17)9(10(14)15-12(16)18)7-3-5-8(13)6-4-7/h3-6H,2H2,1H3,(H,15,18). The first-order chi connectivity index (χ1) is 8.54. The summed E-state index contributed by atoms with van der Waals surface area (Å²) in [4.78, 5) is 26.1. The Morgan fingerprint density at radius 1 is 1.17 bits per heavy atom. The number of benzene rings is 1. The highest BCUT2D eigenvalue weighted by Gasteiger charge is 2.13. The van der Waals surface area contributed by atoms with Crippen molar-refractivity contribution in [2.75, 3.05) is 0 Å². The van der Waals surface area contributed by atoms with Gasteiger partial charge in [-0.15, -0.1) is 0 Å². The van der Waals surface area contributed by atoms with Crippen LogP contribution in [0.4, 0.5) is 0 Å². The summed E-state index contributed by atoms with van der Waals surface area (Å²) in [5.41, 5.74) is -0.0265. The van der Waals surface area contributed by atoms with Gasteiger partial charge < -0.3 is 0 Å². The summed E-state index contributed by atoms with van der Waals surface area (Å²) in [5.74, 6) is 0. The summed E-state index contributed by atoms with van der Waals surface area (Å²) in [7, 11) is 0. The minimum absolute atomic E-state index is 0.0389. The second kappa shape index (κ2) is 5.00. The van der Waals surface area contributed by atoms with E-state index in [9.17, 15) is 9.59 Å². The van der Waals surface area contributed by atoms with Gasteiger partial charge in [0.2, 0.25) is 0 Å². The van der Waals surface area contributed by atoms with Crippen molar-refractivity contribution in [1.82, 2.24) is 9.55 Å². The molecule has 0 saturated carbocycles. The maximum absolute atomic E-state index is 12.2. The van der Waals surface area contributed by atoms with Gasteiger partial charge in [0.05, 0.1) is 5.56 Å². The lowest BCUT2D eigenvalue weighted by atomic mass is 10.1. The molecule has 0 aliphatic heterocycles. The first-order valence-corrected chi connectivity index (χ1v) is 6.08. The molecule has 0 unspecified atom stereocenters. The molecule has 1 aromatic heterocycles.